The van der Waals surface area contributed by atoms with Crippen LogP contribution in [0.5, 0.6) is 5.75 Å². The molecular formula is C17H19NO3. The minimum atomic E-state index is -0.465. The summed E-state index contributed by atoms with van der Waals surface area (Å²) in [5.41, 5.74) is 0.504. The summed E-state index contributed by atoms with van der Waals surface area (Å²) in [6, 6.07) is 9.74. The number of phenolic OH excluding ortho intramolecular Hbond substituents is 1. The van der Waals surface area contributed by atoms with E-state index < -0.39 is 6.04 Å². The third-order valence-corrected chi connectivity index (χ3v) is 3.29. The van der Waals surface area contributed by atoms with E-state index in [1.165, 1.54) is 0 Å². The molecule has 0 aliphatic heterocycles. The first-order valence-corrected chi connectivity index (χ1v) is 6.98. The van der Waals surface area contributed by atoms with E-state index in [2.05, 4.69) is 5.32 Å². The highest BCUT2D eigenvalue weighted by Crippen LogP contribution is 2.21. The Kier molecular flexibility index (Phi) is 4.58. The number of phenols is 1. The van der Waals surface area contributed by atoms with Gasteiger partial charge in [0.25, 0.3) is 5.91 Å². The van der Waals surface area contributed by atoms with E-state index in [9.17, 15) is 14.7 Å². The Balaban J connectivity index is 2.19. The maximum absolute atomic E-state index is 12.2. The Morgan fingerprint density at radius 2 is 1.86 bits per heavy atom. The molecule has 0 saturated carbocycles. The van der Waals surface area contributed by atoms with Gasteiger partial charge in [0.2, 0.25) is 0 Å². The number of carbonyl (C=O) groups excluding carboxylic acids is 2. The summed E-state index contributed by atoms with van der Waals surface area (Å²) in [6.45, 7) is 4.01. The number of aldehydes is 1. The number of hydrogen-bond donors (Lipinski definition) is 2. The van der Waals surface area contributed by atoms with Gasteiger partial charge in [-0.05, 0) is 47.4 Å². The van der Waals surface area contributed by atoms with Gasteiger partial charge in [0, 0.05) is 5.56 Å². The summed E-state index contributed by atoms with van der Waals surface area (Å²) in [4.78, 5) is 23.2. The largest absolute Gasteiger partial charge is 0.508 e. The summed E-state index contributed by atoms with van der Waals surface area (Å²) < 4.78 is 0. The van der Waals surface area contributed by atoms with E-state index in [1.54, 1.807) is 36.4 Å². The first-order chi connectivity index (χ1) is 9.99. The van der Waals surface area contributed by atoms with E-state index in [0.29, 0.717) is 17.9 Å². The van der Waals surface area contributed by atoms with Gasteiger partial charge in [-0.25, -0.2) is 0 Å². The van der Waals surface area contributed by atoms with Gasteiger partial charge in [-0.3, -0.25) is 4.79 Å². The molecule has 2 aromatic carbocycles. The third kappa shape index (κ3) is 3.81. The molecule has 2 aromatic rings. The van der Waals surface area contributed by atoms with E-state index in [4.69, 9.17) is 0 Å². The molecule has 21 heavy (non-hydrogen) atoms. The van der Waals surface area contributed by atoms with E-state index >= 15 is 0 Å². The molecular weight excluding hydrogens is 266 g/mol. The van der Waals surface area contributed by atoms with Gasteiger partial charge < -0.3 is 15.2 Å². The summed E-state index contributed by atoms with van der Waals surface area (Å²) in [7, 11) is 0. The normalized spacial score (nSPS) is 12.3. The minimum absolute atomic E-state index is 0.192. The van der Waals surface area contributed by atoms with Gasteiger partial charge >= 0.3 is 0 Å². The number of amides is 1. The predicted octanol–water partition coefficient (Wildman–Crippen LogP) is 2.89. The Morgan fingerprint density at radius 3 is 2.52 bits per heavy atom. The Hall–Kier alpha value is -2.36. The SMILES string of the molecule is CC(C)C[C@@H](C=O)NC(=O)c1ccc2cc(O)ccc2c1. The first-order valence-electron chi connectivity index (χ1n) is 6.98. The lowest BCUT2D eigenvalue weighted by Crippen LogP contribution is -2.36. The highest BCUT2D eigenvalue weighted by atomic mass is 16.3. The second kappa shape index (κ2) is 6.39. The van der Waals surface area contributed by atoms with Gasteiger partial charge in [-0.15, -0.1) is 0 Å². The minimum Gasteiger partial charge on any atom is -0.508 e. The quantitative estimate of drug-likeness (QED) is 0.830. The van der Waals surface area contributed by atoms with Gasteiger partial charge in [0.05, 0.1) is 6.04 Å². The number of hydrogen-bond acceptors (Lipinski definition) is 3. The highest BCUT2D eigenvalue weighted by Gasteiger charge is 2.14. The van der Waals surface area contributed by atoms with Crippen LogP contribution in [-0.2, 0) is 4.79 Å². The number of aromatic hydroxyl groups is 1. The van der Waals surface area contributed by atoms with Crippen molar-refractivity contribution in [1.82, 2.24) is 5.32 Å². The second-order valence-corrected chi connectivity index (χ2v) is 5.59. The number of benzene rings is 2. The van der Waals surface area contributed by atoms with Crippen LogP contribution in [0.15, 0.2) is 36.4 Å². The van der Waals surface area contributed by atoms with Crippen LogP contribution in [0.25, 0.3) is 10.8 Å². The second-order valence-electron chi connectivity index (χ2n) is 5.59. The zero-order valence-electron chi connectivity index (χ0n) is 12.2. The number of fused-ring (bicyclic) bond motifs is 1. The molecule has 0 aromatic heterocycles. The fourth-order valence-corrected chi connectivity index (χ4v) is 2.28. The van der Waals surface area contributed by atoms with Crippen LogP contribution in [0.2, 0.25) is 0 Å². The van der Waals surface area contributed by atoms with E-state index in [-0.39, 0.29) is 11.7 Å². The molecule has 0 saturated heterocycles. The molecule has 2 rings (SSSR count). The molecule has 0 unspecified atom stereocenters. The molecule has 0 heterocycles. The first kappa shape index (κ1) is 15.0. The maximum atomic E-state index is 12.2. The molecule has 0 fully saturated rings. The molecule has 1 atom stereocenters. The summed E-state index contributed by atoms with van der Waals surface area (Å²) >= 11 is 0. The molecule has 0 spiro atoms. The van der Waals surface area contributed by atoms with Crippen molar-refractivity contribution in [3.63, 3.8) is 0 Å². The Morgan fingerprint density at radius 1 is 1.19 bits per heavy atom. The van der Waals surface area contributed by atoms with Crippen molar-refractivity contribution >= 4 is 23.0 Å². The van der Waals surface area contributed by atoms with Crippen molar-refractivity contribution < 1.29 is 14.7 Å². The Bertz CT molecular complexity index is 664. The number of rotatable bonds is 5. The summed E-state index contributed by atoms with van der Waals surface area (Å²) in [5, 5.41) is 13.9. The van der Waals surface area contributed by atoms with Crippen LogP contribution in [0.3, 0.4) is 0 Å². The fraction of sp³-hybridized carbons (Fsp3) is 0.294. The third-order valence-electron chi connectivity index (χ3n) is 3.29. The molecule has 4 heteroatoms. The molecule has 0 radical (unpaired) electrons. The molecule has 4 nitrogen and oxygen atoms in total. The summed E-state index contributed by atoms with van der Waals surface area (Å²) in [6.07, 6.45) is 1.40. The number of carbonyl (C=O) groups is 2. The topological polar surface area (TPSA) is 66.4 Å². The molecule has 0 bridgehead atoms. The van der Waals surface area contributed by atoms with Gasteiger partial charge in [0.1, 0.15) is 12.0 Å². The van der Waals surface area contributed by atoms with Gasteiger partial charge in [-0.2, -0.15) is 0 Å². The van der Waals surface area contributed by atoms with Crippen molar-refractivity contribution in [3.05, 3.63) is 42.0 Å². The molecule has 1 amide bonds. The molecule has 0 aliphatic rings. The van der Waals surface area contributed by atoms with E-state index in [1.807, 2.05) is 13.8 Å². The van der Waals surface area contributed by atoms with Crippen LogP contribution in [0.1, 0.15) is 30.6 Å². The van der Waals surface area contributed by atoms with Crippen LogP contribution in [0.4, 0.5) is 0 Å². The van der Waals surface area contributed by atoms with Crippen LogP contribution >= 0.6 is 0 Å². The molecule has 0 aliphatic carbocycles. The van der Waals surface area contributed by atoms with Gasteiger partial charge in [0.15, 0.2) is 0 Å². The highest BCUT2D eigenvalue weighted by molar-refractivity contribution is 5.99. The fourth-order valence-electron chi connectivity index (χ4n) is 2.28. The zero-order valence-corrected chi connectivity index (χ0v) is 12.2. The van der Waals surface area contributed by atoms with Crippen molar-refractivity contribution in [2.75, 3.05) is 0 Å². The van der Waals surface area contributed by atoms with Crippen LogP contribution in [0, 0.1) is 5.92 Å². The van der Waals surface area contributed by atoms with Crippen molar-refractivity contribution in [3.8, 4) is 5.75 Å². The average molecular weight is 285 g/mol. The van der Waals surface area contributed by atoms with Crippen molar-refractivity contribution in [2.45, 2.75) is 26.3 Å². The lowest BCUT2D eigenvalue weighted by Gasteiger charge is -2.15. The van der Waals surface area contributed by atoms with Crippen molar-refractivity contribution in [2.24, 2.45) is 5.92 Å². The standard InChI is InChI=1S/C17H19NO3/c1-11(2)7-15(10-19)18-17(21)14-4-3-13-9-16(20)6-5-12(13)8-14/h3-6,8-11,15,20H,7H2,1-2H3,(H,18,21)/t15-/m0/s1. The van der Waals surface area contributed by atoms with Crippen LogP contribution < -0.4 is 5.32 Å². The number of nitrogens with one attached hydrogen (secondary N) is 1. The smallest absolute Gasteiger partial charge is 0.251 e. The van der Waals surface area contributed by atoms with Crippen LogP contribution in [-0.4, -0.2) is 23.3 Å². The van der Waals surface area contributed by atoms with Gasteiger partial charge in [-0.1, -0.05) is 26.0 Å². The maximum Gasteiger partial charge on any atom is 0.251 e. The van der Waals surface area contributed by atoms with E-state index in [0.717, 1.165) is 17.1 Å². The lowest BCUT2D eigenvalue weighted by atomic mass is 10.0. The molecule has 2 N–H and O–H groups in total. The van der Waals surface area contributed by atoms with Crippen molar-refractivity contribution in [1.29, 1.82) is 0 Å². The Labute approximate surface area is 123 Å². The predicted molar refractivity (Wildman–Crippen MR) is 82.4 cm³/mol. The molecule has 110 valence electrons. The summed E-state index contributed by atoms with van der Waals surface area (Å²) in [5.74, 6) is 0.264. The zero-order chi connectivity index (χ0) is 15.4. The average Bonchev–Trinajstić information content (AvgIpc) is 2.45. The monoisotopic (exact) mass is 285 g/mol. The lowest BCUT2D eigenvalue weighted by molar-refractivity contribution is -0.109.